The molecule has 0 aromatic heterocycles. The van der Waals surface area contributed by atoms with Crippen LogP contribution in [0.4, 0.5) is 0 Å². The molecule has 1 aromatic rings. The second-order valence-electron chi connectivity index (χ2n) is 5.06. The minimum atomic E-state index is -1.15. The average molecular weight is 265 g/mol. The van der Waals surface area contributed by atoms with Gasteiger partial charge in [0.2, 0.25) is 5.91 Å². The molecule has 0 radical (unpaired) electrons. The Kier molecular flexibility index (Phi) is 4.92. The summed E-state index contributed by atoms with van der Waals surface area (Å²) in [5, 5.41) is 2.52. The quantitative estimate of drug-likeness (QED) is 0.665. The summed E-state index contributed by atoms with van der Waals surface area (Å²) in [5.41, 5.74) is -0.619. The fourth-order valence-electron chi connectivity index (χ4n) is 1.21. The molecule has 0 heterocycles. The van der Waals surface area contributed by atoms with E-state index >= 15 is 0 Å². The van der Waals surface area contributed by atoms with E-state index in [1.807, 2.05) is 6.07 Å². The van der Waals surface area contributed by atoms with Crippen molar-refractivity contribution in [3.63, 3.8) is 0 Å². The van der Waals surface area contributed by atoms with Gasteiger partial charge < -0.3 is 14.8 Å². The van der Waals surface area contributed by atoms with Crippen molar-refractivity contribution in [2.45, 2.75) is 27.0 Å². The summed E-state index contributed by atoms with van der Waals surface area (Å²) in [6, 6.07) is 8.76. The highest BCUT2D eigenvalue weighted by Crippen LogP contribution is 2.15. The van der Waals surface area contributed by atoms with E-state index in [-0.39, 0.29) is 5.91 Å². The number of carbonyl (C=O) groups excluding carboxylic acids is 2. The predicted molar refractivity (Wildman–Crippen MR) is 70.5 cm³/mol. The fraction of sp³-hybridized carbons (Fsp3) is 0.429. The SMILES string of the molecule is COC(=O)C(NC(=O)C(C)(C)C)Oc1ccccc1. The number of methoxy groups -OCH3 is 1. The first-order valence-corrected chi connectivity index (χ1v) is 5.95. The van der Waals surface area contributed by atoms with Gasteiger partial charge >= 0.3 is 5.97 Å². The molecule has 1 unspecified atom stereocenters. The van der Waals surface area contributed by atoms with Crippen LogP contribution in [0.5, 0.6) is 5.75 Å². The average Bonchev–Trinajstić information content (AvgIpc) is 2.37. The number of ether oxygens (including phenoxy) is 2. The van der Waals surface area contributed by atoms with E-state index in [9.17, 15) is 9.59 Å². The lowest BCUT2D eigenvalue weighted by Gasteiger charge is -2.23. The van der Waals surface area contributed by atoms with Crippen molar-refractivity contribution < 1.29 is 19.1 Å². The highest BCUT2D eigenvalue weighted by Gasteiger charge is 2.29. The van der Waals surface area contributed by atoms with E-state index in [1.165, 1.54) is 7.11 Å². The Morgan fingerprint density at radius 2 is 1.74 bits per heavy atom. The second-order valence-corrected chi connectivity index (χ2v) is 5.06. The molecule has 1 rings (SSSR count). The summed E-state index contributed by atoms with van der Waals surface area (Å²) in [6.07, 6.45) is -1.15. The zero-order valence-corrected chi connectivity index (χ0v) is 11.6. The first kappa shape index (κ1) is 15.0. The minimum Gasteiger partial charge on any atom is -0.465 e. The topological polar surface area (TPSA) is 64.6 Å². The van der Waals surface area contributed by atoms with Crippen LogP contribution >= 0.6 is 0 Å². The number of benzene rings is 1. The van der Waals surface area contributed by atoms with Crippen LogP contribution in [-0.2, 0) is 14.3 Å². The van der Waals surface area contributed by atoms with Crippen molar-refractivity contribution in [3.8, 4) is 5.75 Å². The third-order valence-electron chi connectivity index (χ3n) is 2.36. The highest BCUT2D eigenvalue weighted by molar-refractivity contribution is 5.86. The molecule has 5 nitrogen and oxygen atoms in total. The molecular weight excluding hydrogens is 246 g/mol. The van der Waals surface area contributed by atoms with E-state index in [0.717, 1.165) is 0 Å². The summed E-state index contributed by atoms with van der Waals surface area (Å²) in [4.78, 5) is 23.5. The third kappa shape index (κ3) is 4.62. The molecule has 0 aliphatic carbocycles. The van der Waals surface area contributed by atoms with Crippen LogP contribution in [0.1, 0.15) is 20.8 Å². The minimum absolute atomic E-state index is 0.293. The Bertz CT molecular complexity index is 437. The maximum Gasteiger partial charge on any atom is 0.368 e. The Labute approximate surface area is 112 Å². The van der Waals surface area contributed by atoms with Crippen molar-refractivity contribution in [2.75, 3.05) is 7.11 Å². The highest BCUT2D eigenvalue weighted by atomic mass is 16.6. The molecular formula is C14H19NO4. The lowest BCUT2D eigenvalue weighted by Crippen LogP contribution is -2.49. The lowest BCUT2D eigenvalue weighted by atomic mass is 9.96. The van der Waals surface area contributed by atoms with E-state index in [2.05, 4.69) is 10.1 Å². The molecule has 1 amide bonds. The molecule has 5 heteroatoms. The van der Waals surface area contributed by atoms with Gasteiger partial charge in [-0.3, -0.25) is 4.79 Å². The summed E-state index contributed by atoms with van der Waals surface area (Å²) in [7, 11) is 1.24. The predicted octanol–water partition coefficient (Wildman–Crippen LogP) is 1.73. The Morgan fingerprint density at radius 1 is 1.16 bits per heavy atom. The van der Waals surface area contributed by atoms with Gasteiger partial charge in [0, 0.05) is 5.41 Å². The van der Waals surface area contributed by atoms with Crippen LogP contribution in [-0.4, -0.2) is 25.2 Å². The second kappa shape index (κ2) is 6.22. The van der Waals surface area contributed by atoms with Crippen molar-refractivity contribution in [3.05, 3.63) is 30.3 Å². The van der Waals surface area contributed by atoms with Crippen molar-refractivity contribution in [2.24, 2.45) is 5.41 Å². The number of esters is 1. The molecule has 0 fully saturated rings. The van der Waals surface area contributed by atoms with Gasteiger partial charge in [-0.2, -0.15) is 0 Å². The van der Waals surface area contributed by atoms with Crippen LogP contribution in [0.25, 0.3) is 0 Å². The number of carbonyl (C=O) groups is 2. The van der Waals surface area contributed by atoms with Gasteiger partial charge in [-0.05, 0) is 12.1 Å². The molecule has 1 aromatic carbocycles. The van der Waals surface area contributed by atoms with Gasteiger partial charge in [0.25, 0.3) is 6.23 Å². The summed E-state index contributed by atoms with van der Waals surface area (Å²) < 4.78 is 10.0. The molecule has 1 atom stereocenters. The van der Waals surface area contributed by atoms with Crippen LogP contribution in [0.15, 0.2) is 30.3 Å². The number of hydrogen-bond acceptors (Lipinski definition) is 4. The zero-order chi connectivity index (χ0) is 14.5. The summed E-state index contributed by atoms with van der Waals surface area (Å²) in [5.74, 6) is -0.465. The van der Waals surface area contributed by atoms with Gasteiger partial charge in [0.15, 0.2) is 0 Å². The third-order valence-corrected chi connectivity index (χ3v) is 2.36. The van der Waals surface area contributed by atoms with Gasteiger partial charge in [0.1, 0.15) is 5.75 Å². The molecule has 0 aliphatic heterocycles. The van der Waals surface area contributed by atoms with Crippen LogP contribution < -0.4 is 10.1 Å². The van der Waals surface area contributed by atoms with E-state index in [4.69, 9.17) is 4.74 Å². The van der Waals surface area contributed by atoms with Crippen molar-refractivity contribution >= 4 is 11.9 Å². The Hall–Kier alpha value is -2.04. The smallest absolute Gasteiger partial charge is 0.368 e. The van der Waals surface area contributed by atoms with Gasteiger partial charge in [-0.15, -0.1) is 0 Å². The van der Waals surface area contributed by atoms with Crippen LogP contribution in [0, 0.1) is 5.41 Å². The molecule has 0 bridgehead atoms. The number of rotatable bonds is 4. The normalized spacial score (nSPS) is 12.4. The number of amides is 1. The first-order chi connectivity index (χ1) is 8.84. The van der Waals surface area contributed by atoms with Crippen molar-refractivity contribution in [1.82, 2.24) is 5.32 Å². The maximum atomic E-state index is 11.9. The van der Waals surface area contributed by atoms with Gasteiger partial charge in [-0.25, -0.2) is 4.79 Å². The number of nitrogens with one attached hydrogen (secondary N) is 1. The van der Waals surface area contributed by atoms with Crippen LogP contribution in [0.3, 0.4) is 0 Å². The largest absolute Gasteiger partial charge is 0.465 e. The standard InChI is InChI=1S/C14H19NO4/c1-14(2,3)13(17)15-11(12(16)18-4)19-10-8-6-5-7-9-10/h5-9,11H,1-4H3,(H,15,17). The van der Waals surface area contributed by atoms with Crippen LogP contribution in [0.2, 0.25) is 0 Å². The Morgan fingerprint density at radius 3 is 2.21 bits per heavy atom. The maximum absolute atomic E-state index is 11.9. The zero-order valence-electron chi connectivity index (χ0n) is 11.6. The molecule has 19 heavy (non-hydrogen) atoms. The molecule has 104 valence electrons. The monoisotopic (exact) mass is 265 g/mol. The summed E-state index contributed by atoms with van der Waals surface area (Å²) in [6.45, 7) is 5.25. The molecule has 0 saturated carbocycles. The number of hydrogen-bond donors (Lipinski definition) is 1. The molecule has 0 aliphatic rings. The first-order valence-electron chi connectivity index (χ1n) is 5.95. The fourth-order valence-corrected chi connectivity index (χ4v) is 1.21. The van der Waals surface area contributed by atoms with E-state index in [0.29, 0.717) is 5.75 Å². The van der Waals surface area contributed by atoms with Gasteiger partial charge in [0.05, 0.1) is 7.11 Å². The molecule has 0 spiro atoms. The van der Waals surface area contributed by atoms with E-state index in [1.54, 1.807) is 45.0 Å². The summed E-state index contributed by atoms with van der Waals surface area (Å²) >= 11 is 0. The van der Waals surface area contributed by atoms with Crippen molar-refractivity contribution in [1.29, 1.82) is 0 Å². The van der Waals surface area contributed by atoms with Gasteiger partial charge in [-0.1, -0.05) is 39.0 Å². The molecule has 1 N–H and O–H groups in total. The lowest BCUT2D eigenvalue weighted by molar-refractivity contribution is -0.154. The Balaban J connectivity index is 2.79. The van der Waals surface area contributed by atoms with E-state index < -0.39 is 17.6 Å². The molecule has 0 saturated heterocycles. The number of para-hydroxylation sites is 1.